The van der Waals surface area contributed by atoms with Crippen LogP contribution in [0.3, 0.4) is 0 Å². The third-order valence-corrected chi connectivity index (χ3v) is 11.0. The number of hydrogen-bond donors (Lipinski definition) is 0. The Balaban J connectivity index is 1.09. The Labute approximate surface area is 301 Å². The van der Waals surface area contributed by atoms with Gasteiger partial charge in [-0.3, -0.25) is 14.7 Å². The van der Waals surface area contributed by atoms with Gasteiger partial charge in [-0.15, -0.1) is 0 Å². The quantitative estimate of drug-likeness (QED) is 0.165. The lowest BCUT2D eigenvalue weighted by molar-refractivity contribution is -0.129. The molecule has 6 heterocycles. The highest BCUT2D eigenvalue weighted by molar-refractivity contribution is 6.36. The van der Waals surface area contributed by atoms with Gasteiger partial charge < -0.3 is 19.0 Å². The fourth-order valence-electron chi connectivity index (χ4n) is 8.02. The van der Waals surface area contributed by atoms with Crippen LogP contribution in [0, 0.1) is 24.6 Å². The first kappa shape index (κ1) is 33.4. The molecule has 0 bridgehead atoms. The number of ether oxygens (including phenoxy) is 1. The van der Waals surface area contributed by atoms with Crippen LogP contribution in [-0.4, -0.2) is 87.1 Å². The standard InChI is InChI=1S/C39H39ClFN7O3/c1-25-23-50-31(43-25)13-3-4-14-32(49)47-20-15-27(22-47)46(2)37-29-21-42-35(28-11-5-9-26-10-6-12-30(40)33(26)28)34(41)36(29)44-38(45-37)51-24-39-16-7-18-48(39)19-8-17-39/h5-6,9-12,21,23,27H,7-8,13-20,22,24H2,1-2H3. The monoisotopic (exact) mass is 707 g/mol. The smallest absolute Gasteiger partial charge is 0.319 e. The van der Waals surface area contributed by atoms with Crippen molar-refractivity contribution in [2.75, 3.05) is 44.7 Å². The van der Waals surface area contributed by atoms with E-state index in [-0.39, 0.29) is 41.1 Å². The highest BCUT2D eigenvalue weighted by Crippen LogP contribution is 2.40. The molecular formula is C39H39ClFN7O3. The Morgan fingerprint density at radius 3 is 2.71 bits per heavy atom. The lowest BCUT2D eigenvalue weighted by Gasteiger charge is -2.31. The number of likely N-dealkylation sites (tertiary alicyclic amines) is 1. The highest BCUT2D eigenvalue weighted by atomic mass is 35.5. The van der Waals surface area contributed by atoms with Crippen LogP contribution in [0.5, 0.6) is 6.01 Å². The van der Waals surface area contributed by atoms with Gasteiger partial charge in [0.05, 0.1) is 29.5 Å². The molecule has 3 aliphatic rings. The van der Waals surface area contributed by atoms with Crippen LogP contribution in [0.25, 0.3) is 32.9 Å². The number of carbonyl (C=O) groups excluding carboxylic acids is 1. The predicted molar refractivity (Wildman–Crippen MR) is 194 cm³/mol. The van der Waals surface area contributed by atoms with Gasteiger partial charge in [0, 0.05) is 48.3 Å². The summed E-state index contributed by atoms with van der Waals surface area (Å²) in [7, 11) is 1.92. The van der Waals surface area contributed by atoms with Crippen molar-refractivity contribution in [2.24, 2.45) is 0 Å². The number of fused-ring (bicyclic) bond motifs is 3. The van der Waals surface area contributed by atoms with Crippen LogP contribution >= 0.6 is 11.6 Å². The van der Waals surface area contributed by atoms with Crippen LogP contribution in [0.1, 0.15) is 50.1 Å². The van der Waals surface area contributed by atoms with Crippen molar-refractivity contribution < 1.29 is 18.3 Å². The second kappa shape index (κ2) is 13.7. The first-order valence-electron chi connectivity index (χ1n) is 17.6. The molecule has 10 nitrogen and oxygen atoms in total. The summed E-state index contributed by atoms with van der Waals surface area (Å²) in [6.07, 6.45) is 8.80. The van der Waals surface area contributed by atoms with Crippen molar-refractivity contribution in [2.45, 2.75) is 63.5 Å². The number of pyridine rings is 1. The minimum absolute atomic E-state index is 0.0331. The molecule has 2 aromatic carbocycles. The average molecular weight is 708 g/mol. The van der Waals surface area contributed by atoms with Crippen LogP contribution < -0.4 is 9.64 Å². The number of hydrogen-bond acceptors (Lipinski definition) is 9. The maximum absolute atomic E-state index is 16.8. The van der Waals surface area contributed by atoms with Gasteiger partial charge in [0.2, 0.25) is 11.8 Å². The number of oxazole rings is 1. The number of aryl methyl sites for hydroxylation is 1. The molecular weight excluding hydrogens is 669 g/mol. The van der Waals surface area contributed by atoms with Gasteiger partial charge in [-0.05, 0) is 63.6 Å². The van der Waals surface area contributed by atoms with E-state index in [9.17, 15) is 4.79 Å². The first-order chi connectivity index (χ1) is 24.8. The number of amides is 1. The fourth-order valence-corrected chi connectivity index (χ4v) is 8.31. The summed E-state index contributed by atoms with van der Waals surface area (Å²) in [6, 6.07) is 11.3. The maximum Gasteiger partial charge on any atom is 0.319 e. The zero-order valence-corrected chi connectivity index (χ0v) is 29.5. The van der Waals surface area contributed by atoms with Crippen molar-refractivity contribution in [1.29, 1.82) is 0 Å². The molecule has 1 amide bonds. The van der Waals surface area contributed by atoms with Crippen molar-refractivity contribution in [3.05, 3.63) is 71.3 Å². The molecule has 5 aromatic rings. The normalized spacial score (nSPS) is 18.3. The molecule has 3 saturated heterocycles. The summed E-state index contributed by atoms with van der Waals surface area (Å²) in [4.78, 5) is 37.9. The molecule has 8 rings (SSSR count). The second-order valence-electron chi connectivity index (χ2n) is 13.8. The molecule has 0 spiro atoms. The van der Waals surface area contributed by atoms with E-state index < -0.39 is 5.82 Å². The van der Waals surface area contributed by atoms with E-state index >= 15 is 4.39 Å². The van der Waals surface area contributed by atoms with E-state index in [1.54, 1.807) is 18.5 Å². The van der Waals surface area contributed by atoms with Crippen molar-refractivity contribution >= 4 is 45.0 Å². The number of benzene rings is 2. The molecule has 1 atom stereocenters. The molecule has 0 N–H and O–H groups in total. The first-order valence-corrected chi connectivity index (χ1v) is 18.0. The highest BCUT2D eigenvalue weighted by Gasteiger charge is 2.45. The molecule has 0 aliphatic carbocycles. The van der Waals surface area contributed by atoms with Crippen LogP contribution in [0.4, 0.5) is 10.2 Å². The molecule has 3 fully saturated rings. The van der Waals surface area contributed by atoms with E-state index in [1.165, 1.54) is 0 Å². The third kappa shape index (κ3) is 6.36. The van der Waals surface area contributed by atoms with Gasteiger partial charge in [-0.1, -0.05) is 53.8 Å². The summed E-state index contributed by atoms with van der Waals surface area (Å²) in [5.41, 5.74) is 1.64. The molecule has 1 unspecified atom stereocenters. The number of halogens is 2. The summed E-state index contributed by atoms with van der Waals surface area (Å²) in [5.74, 6) is 6.40. The molecule has 51 heavy (non-hydrogen) atoms. The topological polar surface area (TPSA) is 101 Å². The van der Waals surface area contributed by atoms with E-state index in [0.29, 0.717) is 60.2 Å². The predicted octanol–water partition coefficient (Wildman–Crippen LogP) is 6.61. The number of likely N-dealkylation sites (N-methyl/N-ethyl adjacent to an activating group) is 1. The lowest BCUT2D eigenvalue weighted by Crippen LogP contribution is -2.43. The van der Waals surface area contributed by atoms with Crippen molar-refractivity contribution in [3.63, 3.8) is 0 Å². The zero-order chi connectivity index (χ0) is 35.1. The Hall–Kier alpha value is -4.79. The van der Waals surface area contributed by atoms with E-state index in [2.05, 4.69) is 26.7 Å². The number of aromatic nitrogens is 4. The summed E-state index contributed by atoms with van der Waals surface area (Å²) in [6.45, 7) is 5.50. The number of rotatable bonds is 8. The van der Waals surface area contributed by atoms with E-state index in [1.807, 2.05) is 54.1 Å². The molecule has 3 aromatic heterocycles. The molecule has 3 aliphatic heterocycles. The number of nitrogens with zero attached hydrogens (tertiary/aromatic N) is 7. The average Bonchev–Trinajstić information content (AvgIpc) is 3.94. The van der Waals surface area contributed by atoms with Gasteiger partial charge in [0.15, 0.2) is 5.82 Å². The van der Waals surface area contributed by atoms with E-state index in [4.69, 9.17) is 30.7 Å². The Morgan fingerprint density at radius 1 is 1.12 bits per heavy atom. The van der Waals surface area contributed by atoms with Gasteiger partial charge in [0.25, 0.3) is 0 Å². The maximum atomic E-state index is 16.8. The van der Waals surface area contributed by atoms with Crippen molar-refractivity contribution in [3.8, 4) is 29.1 Å². The van der Waals surface area contributed by atoms with Gasteiger partial charge in [0.1, 0.15) is 29.9 Å². The van der Waals surface area contributed by atoms with Crippen LogP contribution in [0.15, 0.2) is 53.3 Å². The van der Waals surface area contributed by atoms with Gasteiger partial charge in [-0.25, -0.2) is 9.37 Å². The van der Waals surface area contributed by atoms with Gasteiger partial charge >= 0.3 is 6.01 Å². The Kier molecular flexibility index (Phi) is 8.98. The molecule has 0 radical (unpaired) electrons. The Bertz CT molecular complexity index is 2180. The second-order valence-corrected chi connectivity index (χ2v) is 14.3. The summed E-state index contributed by atoms with van der Waals surface area (Å²) in [5, 5.41) is 2.60. The summed E-state index contributed by atoms with van der Waals surface area (Å²) >= 11 is 6.64. The summed E-state index contributed by atoms with van der Waals surface area (Å²) < 4.78 is 28.6. The lowest BCUT2D eigenvalue weighted by atomic mass is 9.95. The molecule has 0 saturated carbocycles. The largest absolute Gasteiger partial charge is 0.461 e. The van der Waals surface area contributed by atoms with Crippen LogP contribution in [-0.2, 0) is 11.2 Å². The number of carbonyl (C=O) groups is 1. The minimum atomic E-state index is -0.565. The molecule has 12 heteroatoms. The third-order valence-electron chi connectivity index (χ3n) is 10.7. The zero-order valence-electron chi connectivity index (χ0n) is 28.8. The molecule has 262 valence electrons. The van der Waals surface area contributed by atoms with Gasteiger partial charge in [-0.2, -0.15) is 9.97 Å². The van der Waals surface area contributed by atoms with E-state index in [0.717, 1.165) is 55.2 Å². The van der Waals surface area contributed by atoms with Crippen LogP contribution in [0.2, 0.25) is 5.02 Å². The fraction of sp³-hybridized carbons (Fsp3) is 0.410. The van der Waals surface area contributed by atoms with Crippen molar-refractivity contribution in [1.82, 2.24) is 29.7 Å². The minimum Gasteiger partial charge on any atom is -0.461 e. The number of anilines is 1. The Morgan fingerprint density at radius 2 is 1.92 bits per heavy atom. The SMILES string of the molecule is Cc1coc(CC#CCC(=O)N2CCC(N(C)c3nc(OCC45CCCN4CCC5)nc4c(F)c(-c5cccc6cccc(Cl)c56)ncc34)C2)n1.